The van der Waals surface area contributed by atoms with E-state index < -0.39 is 0 Å². The molecule has 2 rings (SSSR count). The Balaban J connectivity index is 1.86. The number of carbonyl (C=O) groups excluding carboxylic acids is 1. The minimum atomic E-state index is 0.284. The smallest absolute Gasteiger partial charge is 0.146 e. The molecule has 3 heteroatoms. The third-order valence-corrected chi connectivity index (χ3v) is 4.09. The lowest BCUT2D eigenvalue weighted by Gasteiger charge is -2.07. The van der Waals surface area contributed by atoms with Crippen molar-refractivity contribution in [3.05, 3.63) is 29.8 Å². The maximum atomic E-state index is 11.5. The Hall–Kier alpha value is -0.960. The Morgan fingerprint density at radius 1 is 1.38 bits per heavy atom. The quantitative estimate of drug-likeness (QED) is 0.803. The van der Waals surface area contributed by atoms with Crippen molar-refractivity contribution in [3.8, 4) is 5.75 Å². The van der Waals surface area contributed by atoms with Crippen LogP contribution in [0.5, 0.6) is 5.75 Å². The van der Waals surface area contributed by atoms with E-state index in [4.69, 9.17) is 4.74 Å². The summed E-state index contributed by atoms with van der Waals surface area (Å²) in [6.07, 6.45) is 1.97. The topological polar surface area (TPSA) is 26.3 Å². The number of aryl methyl sites for hydroxylation is 1. The van der Waals surface area contributed by atoms with Crippen LogP contribution in [0.1, 0.15) is 12.0 Å². The van der Waals surface area contributed by atoms with Crippen molar-refractivity contribution < 1.29 is 9.53 Å². The summed E-state index contributed by atoms with van der Waals surface area (Å²) in [4.78, 5) is 11.5. The molecule has 0 N–H and O–H groups in total. The first kappa shape index (κ1) is 11.5. The first-order chi connectivity index (χ1) is 7.79. The van der Waals surface area contributed by atoms with E-state index in [1.54, 1.807) is 18.9 Å². The molecule has 1 aliphatic heterocycles. The van der Waals surface area contributed by atoms with Gasteiger partial charge in [0.15, 0.2) is 0 Å². The molecule has 1 aliphatic rings. The summed E-state index contributed by atoms with van der Waals surface area (Å²) in [6, 6.07) is 8.10. The molecule has 16 heavy (non-hydrogen) atoms. The van der Waals surface area contributed by atoms with Crippen LogP contribution in [0.3, 0.4) is 0 Å². The van der Waals surface area contributed by atoms with Gasteiger partial charge in [0, 0.05) is 11.7 Å². The molecular weight excluding hydrogens is 220 g/mol. The monoisotopic (exact) mass is 236 g/mol. The van der Waals surface area contributed by atoms with Crippen molar-refractivity contribution in [1.29, 1.82) is 0 Å². The molecule has 1 unspecified atom stereocenters. The maximum Gasteiger partial charge on any atom is 0.146 e. The molecule has 1 aromatic carbocycles. The standard InChI is InChI=1S/C13H16O2S/c1-15-12-6-3-10(4-7-12)2-5-11-8-16-9-13(11)14/h3-4,6-7,11H,2,5,8-9H2,1H3. The van der Waals surface area contributed by atoms with Crippen LogP contribution in [0.4, 0.5) is 0 Å². The summed E-state index contributed by atoms with van der Waals surface area (Å²) in [7, 11) is 1.67. The minimum absolute atomic E-state index is 0.284. The Kier molecular flexibility index (Phi) is 3.88. The van der Waals surface area contributed by atoms with Gasteiger partial charge in [-0.3, -0.25) is 4.79 Å². The third kappa shape index (κ3) is 2.79. The van der Waals surface area contributed by atoms with Crippen molar-refractivity contribution in [2.75, 3.05) is 18.6 Å². The van der Waals surface area contributed by atoms with E-state index in [1.165, 1.54) is 5.56 Å². The number of benzene rings is 1. The lowest BCUT2D eigenvalue weighted by molar-refractivity contribution is -0.119. The molecule has 1 saturated heterocycles. The lowest BCUT2D eigenvalue weighted by Crippen LogP contribution is -2.11. The molecule has 0 amide bonds. The Morgan fingerprint density at radius 3 is 2.69 bits per heavy atom. The summed E-state index contributed by atoms with van der Waals surface area (Å²) in [5.74, 6) is 3.32. The molecule has 0 aliphatic carbocycles. The fraction of sp³-hybridized carbons (Fsp3) is 0.462. The normalized spacial score (nSPS) is 20.1. The second-order valence-corrected chi connectivity index (χ2v) is 5.10. The molecule has 1 heterocycles. The highest BCUT2D eigenvalue weighted by atomic mass is 32.2. The summed E-state index contributed by atoms with van der Waals surface area (Å²) in [5.41, 5.74) is 1.28. The van der Waals surface area contributed by atoms with Crippen LogP contribution in [-0.2, 0) is 11.2 Å². The maximum absolute atomic E-state index is 11.5. The highest BCUT2D eigenvalue weighted by Gasteiger charge is 2.24. The SMILES string of the molecule is COc1ccc(CCC2CSCC2=O)cc1. The van der Waals surface area contributed by atoms with Crippen LogP contribution in [0.2, 0.25) is 0 Å². The lowest BCUT2D eigenvalue weighted by atomic mass is 9.98. The van der Waals surface area contributed by atoms with E-state index in [1.807, 2.05) is 12.1 Å². The summed E-state index contributed by atoms with van der Waals surface area (Å²) >= 11 is 1.76. The zero-order chi connectivity index (χ0) is 11.4. The van der Waals surface area contributed by atoms with Gasteiger partial charge < -0.3 is 4.74 Å². The number of methoxy groups -OCH3 is 1. The zero-order valence-corrected chi connectivity index (χ0v) is 10.3. The second-order valence-electron chi connectivity index (χ2n) is 4.07. The van der Waals surface area contributed by atoms with Crippen LogP contribution >= 0.6 is 11.8 Å². The van der Waals surface area contributed by atoms with Gasteiger partial charge in [-0.25, -0.2) is 0 Å². The van der Waals surface area contributed by atoms with E-state index in [9.17, 15) is 4.79 Å². The first-order valence-electron chi connectivity index (χ1n) is 5.53. The fourth-order valence-corrected chi connectivity index (χ4v) is 3.08. The molecule has 0 spiro atoms. The average molecular weight is 236 g/mol. The summed E-state index contributed by atoms with van der Waals surface area (Å²) in [5, 5.41) is 0. The molecule has 1 aromatic rings. The van der Waals surface area contributed by atoms with Crippen LogP contribution in [0.25, 0.3) is 0 Å². The van der Waals surface area contributed by atoms with E-state index in [0.29, 0.717) is 11.5 Å². The number of ether oxygens (including phenoxy) is 1. The van der Waals surface area contributed by atoms with Crippen molar-refractivity contribution >= 4 is 17.5 Å². The van der Waals surface area contributed by atoms with Crippen molar-refractivity contribution in [2.24, 2.45) is 5.92 Å². The molecule has 0 saturated carbocycles. The van der Waals surface area contributed by atoms with Gasteiger partial charge >= 0.3 is 0 Å². The summed E-state index contributed by atoms with van der Waals surface area (Å²) in [6.45, 7) is 0. The molecule has 1 atom stereocenters. The van der Waals surface area contributed by atoms with Gasteiger partial charge in [-0.15, -0.1) is 0 Å². The molecular formula is C13H16O2S. The van der Waals surface area contributed by atoms with Gasteiger partial charge in [0.05, 0.1) is 12.9 Å². The van der Waals surface area contributed by atoms with Gasteiger partial charge in [0.2, 0.25) is 0 Å². The predicted octanol–water partition coefficient (Wildman–Crippen LogP) is 2.56. The number of Topliss-reactive ketones (excluding diaryl/α,β-unsaturated/α-hetero) is 1. The number of hydrogen-bond acceptors (Lipinski definition) is 3. The van der Waals surface area contributed by atoms with E-state index in [2.05, 4.69) is 12.1 Å². The highest BCUT2D eigenvalue weighted by Crippen LogP contribution is 2.24. The van der Waals surface area contributed by atoms with E-state index in [0.717, 1.165) is 24.3 Å². The van der Waals surface area contributed by atoms with Crippen molar-refractivity contribution in [3.63, 3.8) is 0 Å². The number of thioether (sulfide) groups is 1. The Morgan fingerprint density at radius 2 is 2.12 bits per heavy atom. The third-order valence-electron chi connectivity index (χ3n) is 2.96. The first-order valence-corrected chi connectivity index (χ1v) is 6.68. The van der Waals surface area contributed by atoms with Gasteiger partial charge in [-0.05, 0) is 30.5 Å². The molecule has 0 radical (unpaired) electrons. The average Bonchev–Trinajstić information content (AvgIpc) is 2.73. The summed E-state index contributed by atoms with van der Waals surface area (Å²) < 4.78 is 5.11. The van der Waals surface area contributed by atoms with Crippen LogP contribution in [-0.4, -0.2) is 24.4 Å². The van der Waals surface area contributed by atoms with Gasteiger partial charge in [-0.1, -0.05) is 12.1 Å². The zero-order valence-electron chi connectivity index (χ0n) is 9.44. The Labute approximate surface area is 100 Å². The predicted molar refractivity (Wildman–Crippen MR) is 67.1 cm³/mol. The largest absolute Gasteiger partial charge is 0.497 e. The number of carbonyl (C=O) groups is 1. The van der Waals surface area contributed by atoms with Crippen LogP contribution in [0.15, 0.2) is 24.3 Å². The van der Waals surface area contributed by atoms with Gasteiger partial charge in [-0.2, -0.15) is 11.8 Å². The Bertz CT molecular complexity index is 359. The van der Waals surface area contributed by atoms with Crippen molar-refractivity contribution in [1.82, 2.24) is 0 Å². The minimum Gasteiger partial charge on any atom is -0.497 e. The van der Waals surface area contributed by atoms with Gasteiger partial charge in [0.25, 0.3) is 0 Å². The molecule has 2 nitrogen and oxygen atoms in total. The molecule has 1 fully saturated rings. The highest BCUT2D eigenvalue weighted by molar-refractivity contribution is 8.00. The second kappa shape index (κ2) is 5.39. The molecule has 0 bridgehead atoms. The fourth-order valence-electron chi connectivity index (χ4n) is 1.89. The molecule has 0 aromatic heterocycles. The van der Waals surface area contributed by atoms with E-state index in [-0.39, 0.29) is 5.92 Å². The van der Waals surface area contributed by atoms with Crippen LogP contribution in [0, 0.1) is 5.92 Å². The number of rotatable bonds is 4. The van der Waals surface area contributed by atoms with Crippen molar-refractivity contribution in [2.45, 2.75) is 12.8 Å². The van der Waals surface area contributed by atoms with Gasteiger partial charge in [0.1, 0.15) is 11.5 Å². The van der Waals surface area contributed by atoms with Crippen LogP contribution < -0.4 is 4.74 Å². The number of ketones is 1. The number of hydrogen-bond donors (Lipinski definition) is 0. The van der Waals surface area contributed by atoms with E-state index >= 15 is 0 Å². The molecule has 86 valence electrons.